The van der Waals surface area contributed by atoms with Crippen molar-refractivity contribution in [3.63, 3.8) is 0 Å². The minimum absolute atomic E-state index is 0.682. The van der Waals surface area contributed by atoms with Gasteiger partial charge in [-0.1, -0.05) is 48.5 Å². The van der Waals surface area contributed by atoms with Crippen molar-refractivity contribution in [1.29, 1.82) is 0 Å². The van der Waals surface area contributed by atoms with Crippen molar-refractivity contribution >= 4 is 21.8 Å². The van der Waals surface area contributed by atoms with Crippen LogP contribution < -0.4 is 9.47 Å². The number of nitrogens with zero attached hydrogens (tertiary/aromatic N) is 1. The van der Waals surface area contributed by atoms with Gasteiger partial charge in [0.1, 0.15) is 0 Å². The van der Waals surface area contributed by atoms with Crippen LogP contribution in [-0.2, 0) is 0 Å². The summed E-state index contributed by atoms with van der Waals surface area (Å²) in [6, 6.07) is 26.7. The van der Waals surface area contributed by atoms with Crippen LogP contribution in [0.5, 0.6) is 11.5 Å². The van der Waals surface area contributed by atoms with Gasteiger partial charge in [-0.25, -0.2) is 4.98 Å². The number of H-pyrrole nitrogens is 1. The third-order valence-electron chi connectivity index (χ3n) is 5.22. The summed E-state index contributed by atoms with van der Waals surface area (Å²) >= 11 is 0. The number of rotatable bonds is 4. The highest BCUT2D eigenvalue weighted by atomic mass is 16.5. The van der Waals surface area contributed by atoms with Gasteiger partial charge >= 0.3 is 0 Å². The predicted molar refractivity (Wildman–Crippen MR) is 118 cm³/mol. The first-order chi connectivity index (χ1) is 14.3. The van der Waals surface area contributed by atoms with Crippen LogP contribution >= 0.6 is 0 Å². The van der Waals surface area contributed by atoms with E-state index >= 15 is 0 Å². The molecule has 0 radical (unpaired) electrons. The summed E-state index contributed by atoms with van der Waals surface area (Å²) in [6.07, 6.45) is 0. The van der Waals surface area contributed by atoms with Crippen LogP contribution in [0.2, 0.25) is 0 Å². The Morgan fingerprint density at radius 3 is 2.24 bits per heavy atom. The number of nitrogens with one attached hydrogen (secondary N) is 1. The van der Waals surface area contributed by atoms with E-state index in [0.717, 1.165) is 38.9 Å². The standard InChI is InChI=1S/C25H20N2O2/c1-28-22-13-12-17(14-23(22)29-2)24-25-19(18-10-6-7-11-20(18)26-25)15-21(27-24)16-8-4-3-5-9-16/h3-15,26H,1-2H3. The summed E-state index contributed by atoms with van der Waals surface area (Å²) in [5.41, 5.74) is 5.99. The molecule has 0 bridgehead atoms. The van der Waals surface area contributed by atoms with E-state index in [4.69, 9.17) is 14.5 Å². The van der Waals surface area contributed by atoms with E-state index in [1.165, 1.54) is 5.39 Å². The lowest BCUT2D eigenvalue weighted by Crippen LogP contribution is -1.94. The molecule has 0 amide bonds. The van der Waals surface area contributed by atoms with E-state index in [9.17, 15) is 0 Å². The number of benzene rings is 3. The zero-order chi connectivity index (χ0) is 19.8. The summed E-state index contributed by atoms with van der Waals surface area (Å²) in [5.74, 6) is 1.38. The SMILES string of the molecule is COc1ccc(-c2nc(-c3ccccc3)cc3c2[nH]c2ccccc23)cc1OC. The maximum Gasteiger partial charge on any atom is 0.161 e. The molecular weight excluding hydrogens is 360 g/mol. The summed E-state index contributed by atoms with van der Waals surface area (Å²) in [5, 5.41) is 2.34. The fourth-order valence-electron chi connectivity index (χ4n) is 3.79. The Hall–Kier alpha value is -3.79. The first kappa shape index (κ1) is 17.3. The first-order valence-electron chi connectivity index (χ1n) is 9.48. The second kappa shape index (κ2) is 6.99. The van der Waals surface area contributed by atoms with Crippen LogP contribution in [0.1, 0.15) is 0 Å². The highest BCUT2D eigenvalue weighted by Crippen LogP contribution is 2.38. The Bertz CT molecular complexity index is 1320. The molecule has 2 heterocycles. The zero-order valence-electron chi connectivity index (χ0n) is 16.3. The number of ether oxygens (including phenoxy) is 2. The van der Waals surface area contributed by atoms with Crippen LogP contribution in [0.25, 0.3) is 44.3 Å². The number of aromatic amines is 1. The number of hydrogen-bond donors (Lipinski definition) is 1. The average molecular weight is 380 g/mol. The lowest BCUT2D eigenvalue weighted by molar-refractivity contribution is 0.355. The molecule has 2 aromatic heterocycles. The van der Waals surface area contributed by atoms with Crippen LogP contribution in [0.4, 0.5) is 0 Å². The number of para-hydroxylation sites is 1. The van der Waals surface area contributed by atoms with Gasteiger partial charge < -0.3 is 14.5 Å². The summed E-state index contributed by atoms with van der Waals surface area (Å²) < 4.78 is 10.9. The van der Waals surface area contributed by atoms with Crippen molar-refractivity contribution in [2.24, 2.45) is 0 Å². The van der Waals surface area contributed by atoms with E-state index in [2.05, 4.69) is 41.4 Å². The minimum atomic E-state index is 0.682. The summed E-state index contributed by atoms with van der Waals surface area (Å²) in [7, 11) is 3.29. The van der Waals surface area contributed by atoms with Crippen LogP contribution in [-0.4, -0.2) is 24.2 Å². The second-order valence-electron chi connectivity index (χ2n) is 6.89. The molecule has 0 saturated heterocycles. The van der Waals surface area contributed by atoms with Gasteiger partial charge in [-0.2, -0.15) is 0 Å². The predicted octanol–water partition coefficient (Wildman–Crippen LogP) is 6.07. The molecule has 29 heavy (non-hydrogen) atoms. The van der Waals surface area contributed by atoms with E-state index in [1.54, 1.807) is 14.2 Å². The van der Waals surface area contributed by atoms with E-state index in [1.807, 2.05) is 42.5 Å². The molecule has 0 spiro atoms. The highest BCUT2D eigenvalue weighted by Gasteiger charge is 2.16. The van der Waals surface area contributed by atoms with E-state index in [0.29, 0.717) is 11.5 Å². The minimum Gasteiger partial charge on any atom is -0.493 e. The van der Waals surface area contributed by atoms with Crippen molar-refractivity contribution < 1.29 is 9.47 Å². The van der Waals surface area contributed by atoms with Gasteiger partial charge in [-0.15, -0.1) is 0 Å². The quantitative estimate of drug-likeness (QED) is 0.412. The lowest BCUT2D eigenvalue weighted by atomic mass is 10.0. The number of hydrogen-bond acceptors (Lipinski definition) is 3. The molecule has 0 unspecified atom stereocenters. The van der Waals surface area contributed by atoms with Crippen LogP contribution in [0.3, 0.4) is 0 Å². The molecule has 0 aliphatic carbocycles. The first-order valence-corrected chi connectivity index (χ1v) is 9.48. The molecule has 1 N–H and O–H groups in total. The van der Waals surface area contributed by atoms with Crippen molar-refractivity contribution in [2.75, 3.05) is 14.2 Å². The van der Waals surface area contributed by atoms with Crippen molar-refractivity contribution in [1.82, 2.24) is 9.97 Å². The number of aromatic nitrogens is 2. The van der Waals surface area contributed by atoms with E-state index in [-0.39, 0.29) is 0 Å². The molecule has 0 fully saturated rings. The largest absolute Gasteiger partial charge is 0.493 e. The molecule has 0 aliphatic heterocycles. The molecule has 4 heteroatoms. The maximum absolute atomic E-state index is 5.52. The number of pyridine rings is 1. The molecule has 4 nitrogen and oxygen atoms in total. The van der Waals surface area contributed by atoms with Crippen molar-refractivity contribution in [3.05, 3.63) is 78.9 Å². The maximum atomic E-state index is 5.52. The van der Waals surface area contributed by atoms with Crippen molar-refractivity contribution in [3.8, 4) is 34.0 Å². The zero-order valence-corrected chi connectivity index (χ0v) is 16.3. The van der Waals surface area contributed by atoms with Gasteiger partial charge in [0.25, 0.3) is 0 Å². The topological polar surface area (TPSA) is 47.1 Å². The average Bonchev–Trinajstić information content (AvgIpc) is 3.17. The van der Waals surface area contributed by atoms with Gasteiger partial charge in [-0.3, -0.25) is 0 Å². The van der Waals surface area contributed by atoms with E-state index < -0.39 is 0 Å². The molecular formula is C25H20N2O2. The molecule has 5 aromatic rings. The summed E-state index contributed by atoms with van der Waals surface area (Å²) in [6.45, 7) is 0. The molecule has 3 aromatic carbocycles. The second-order valence-corrected chi connectivity index (χ2v) is 6.89. The number of methoxy groups -OCH3 is 2. The third kappa shape index (κ3) is 2.90. The lowest BCUT2D eigenvalue weighted by Gasteiger charge is -2.11. The number of fused-ring (bicyclic) bond motifs is 3. The normalized spacial score (nSPS) is 11.1. The molecule has 5 rings (SSSR count). The Kier molecular flexibility index (Phi) is 4.17. The molecule has 0 saturated carbocycles. The molecule has 0 atom stereocenters. The molecule has 0 aliphatic rings. The van der Waals surface area contributed by atoms with Gasteiger partial charge in [0.15, 0.2) is 11.5 Å². The molecule has 142 valence electrons. The Morgan fingerprint density at radius 2 is 1.45 bits per heavy atom. The highest BCUT2D eigenvalue weighted by molar-refractivity contribution is 6.12. The van der Waals surface area contributed by atoms with Gasteiger partial charge in [0.2, 0.25) is 0 Å². The van der Waals surface area contributed by atoms with Gasteiger partial charge in [0.05, 0.1) is 31.1 Å². The Labute approximate surface area is 168 Å². The smallest absolute Gasteiger partial charge is 0.161 e. The van der Waals surface area contributed by atoms with Crippen LogP contribution in [0, 0.1) is 0 Å². The fraction of sp³-hybridized carbons (Fsp3) is 0.0800. The Morgan fingerprint density at radius 1 is 0.690 bits per heavy atom. The van der Waals surface area contributed by atoms with Gasteiger partial charge in [-0.05, 0) is 30.3 Å². The summed E-state index contributed by atoms with van der Waals surface area (Å²) in [4.78, 5) is 8.60. The fourth-order valence-corrected chi connectivity index (χ4v) is 3.79. The van der Waals surface area contributed by atoms with Crippen molar-refractivity contribution in [2.45, 2.75) is 0 Å². The van der Waals surface area contributed by atoms with Gasteiger partial charge in [0, 0.05) is 27.4 Å². The third-order valence-corrected chi connectivity index (χ3v) is 5.22. The Balaban J connectivity index is 1.84. The monoisotopic (exact) mass is 380 g/mol. The van der Waals surface area contributed by atoms with Crippen LogP contribution in [0.15, 0.2) is 78.9 Å².